The van der Waals surface area contributed by atoms with E-state index in [4.69, 9.17) is 21.4 Å². The van der Waals surface area contributed by atoms with E-state index in [1.807, 2.05) is 0 Å². The summed E-state index contributed by atoms with van der Waals surface area (Å²) in [5, 5.41) is 8.72. The van der Waals surface area contributed by atoms with E-state index in [9.17, 15) is 0 Å². The summed E-state index contributed by atoms with van der Waals surface area (Å²) in [4.78, 5) is 0. The predicted molar refractivity (Wildman–Crippen MR) is 93.2 cm³/mol. The number of halogens is 1. The Morgan fingerprint density at radius 2 is 1.29 bits per heavy atom. The minimum absolute atomic E-state index is 0.0891. The Kier molecular flexibility index (Phi) is 18.4. The van der Waals surface area contributed by atoms with Gasteiger partial charge in [-0.05, 0) is 6.42 Å². The largest absolute Gasteiger partial charge is 0.394 e. The maximum absolute atomic E-state index is 8.72. The minimum Gasteiger partial charge on any atom is -0.394 e. The summed E-state index contributed by atoms with van der Waals surface area (Å²) in [6.45, 7) is 2.77. The topological polar surface area (TPSA) is 29.5 Å². The molecule has 128 valence electrons. The smallest absolute Gasteiger partial charge is 0.0711 e. The summed E-state index contributed by atoms with van der Waals surface area (Å²) in [7, 11) is 0. The molecular weight excluding hydrogens is 284 g/mol. The van der Waals surface area contributed by atoms with Crippen LogP contribution in [-0.4, -0.2) is 30.3 Å². The Hall–Kier alpha value is 0.210. The average molecular weight is 321 g/mol. The Bertz CT molecular complexity index is 188. The molecule has 0 aromatic carbocycles. The summed E-state index contributed by atoms with van der Waals surface area (Å²) in [6, 6.07) is 0. The fourth-order valence-electron chi connectivity index (χ4n) is 2.64. The number of aliphatic hydroxyl groups excluding tert-OH is 1. The van der Waals surface area contributed by atoms with E-state index in [-0.39, 0.29) is 12.7 Å². The number of aliphatic hydroxyl groups is 1. The second-order valence-electron chi connectivity index (χ2n) is 6.05. The molecule has 1 N–H and O–H groups in total. The van der Waals surface area contributed by atoms with Crippen LogP contribution in [0, 0.1) is 0 Å². The maximum Gasteiger partial charge on any atom is 0.0711 e. The van der Waals surface area contributed by atoms with Gasteiger partial charge >= 0.3 is 0 Å². The van der Waals surface area contributed by atoms with Gasteiger partial charge in [-0.2, -0.15) is 0 Å². The molecule has 0 aliphatic carbocycles. The van der Waals surface area contributed by atoms with E-state index in [2.05, 4.69) is 6.92 Å². The highest BCUT2D eigenvalue weighted by molar-refractivity contribution is 6.18. The van der Waals surface area contributed by atoms with Crippen LogP contribution in [0.25, 0.3) is 0 Å². The van der Waals surface area contributed by atoms with E-state index < -0.39 is 0 Å². The maximum atomic E-state index is 8.72. The molecule has 0 saturated carbocycles. The molecular formula is C18H37ClO2. The standard InChI is InChI=1S/C18H37ClO2/c1-2-3-4-5-6-7-8-9-10-11-12-13-14-18(17-19)21-16-15-20/h18,20H,2-17H2,1H3. The zero-order chi connectivity index (χ0) is 15.6. The van der Waals surface area contributed by atoms with Crippen molar-refractivity contribution in [1.82, 2.24) is 0 Å². The zero-order valence-electron chi connectivity index (χ0n) is 14.1. The Morgan fingerprint density at radius 3 is 1.71 bits per heavy atom. The molecule has 21 heavy (non-hydrogen) atoms. The van der Waals surface area contributed by atoms with Crippen molar-refractivity contribution in [2.24, 2.45) is 0 Å². The molecule has 2 nitrogen and oxygen atoms in total. The van der Waals surface area contributed by atoms with Gasteiger partial charge in [0.15, 0.2) is 0 Å². The first-order valence-corrected chi connectivity index (χ1v) is 9.67. The van der Waals surface area contributed by atoms with Crippen molar-refractivity contribution in [1.29, 1.82) is 0 Å². The Balaban J connectivity index is 3.14. The van der Waals surface area contributed by atoms with Gasteiger partial charge in [-0.25, -0.2) is 0 Å². The van der Waals surface area contributed by atoms with Gasteiger partial charge in [0, 0.05) is 5.88 Å². The van der Waals surface area contributed by atoms with E-state index >= 15 is 0 Å². The lowest BCUT2D eigenvalue weighted by Gasteiger charge is -2.14. The molecule has 0 saturated heterocycles. The van der Waals surface area contributed by atoms with Crippen LogP contribution in [-0.2, 0) is 4.74 Å². The fourth-order valence-corrected chi connectivity index (χ4v) is 2.88. The third-order valence-electron chi connectivity index (χ3n) is 4.00. The Morgan fingerprint density at radius 1 is 0.810 bits per heavy atom. The SMILES string of the molecule is CCCCCCCCCCCCCCC(CCl)OCCO. The van der Waals surface area contributed by atoms with Gasteiger partial charge in [0.2, 0.25) is 0 Å². The first-order valence-electron chi connectivity index (χ1n) is 9.13. The van der Waals surface area contributed by atoms with Gasteiger partial charge in [-0.1, -0.05) is 84.0 Å². The summed E-state index contributed by atoms with van der Waals surface area (Å²) in [5.41, 5.74) is 0. The van der Waals surface area contributed by atoms with Gasteiger partial charge in [0.05, 0.1) is 19.3 Å². The van der Waals surface area contributed by atoms with Crippen LogP contribution < -0.4 is 0 Å². The molecule has 0 amide bonds. The molecule has 0 aromatic heterocycles. The molecule has 0 aromatic rings. The molecule has 1 atom stereocenters. The number of ether oxygens (including phenoxy) is 1. The van der Waals surface area contributed by atoms with Crippen LogP contribution in [0.15, 0.2) is 0 Å². The van der Waals surface area contributed by atoms with Crippen LogP contribution in [0.4, 0.5) is 0 Å². The molecule has 0 rings (SSSR count). The van der Waals surface area contributed by atoms with Crippen molar-refractivity contribution < 1.29 is 9.84 Å². The van der Waals surface area contributed by atoms with E-state index in [1.54, 1.807) is 0 Å². The van der Waals surface area contributed by atoms with E-state index in [0.29, 0.717) is 12.5 Å². The molecule has 3 heteroatoms. The second-order valence-corrected chi connectivity index (χ2v) is 6.36. The van der Waals surface area contributed by atoms with Gasteiger partial charge in [0.1, 0.15) is 0 Å². The fraction of sp³-hybridized carbons (Fsp3) is 1.00. The van der Waals surface area contributed by atoms with Crippen molar-refractivity contribution in [3.8, 4) is 0 Å². The van der Waals surface area contributed by atoms with E-state index in [0.717, 1.165) is 6.42 Å². The molecule has 0 radical (unpaired) electrons. The van der Waals surface area contributed by atoms with Crippen molar-refractivity contribution in [2.45, 2.75) is 96.5 Å². The zero-order valence-corrected chi connectivity index (χ0v) is 14.9. The van der Waals surface area contributed by atoms with Crippen molar-refractivity contribution >= 4 is 11.6 Å². The van der Waals surface area contributed by atoms with Gasteiger partial charge < -0.3 is 9.84 Å². The summed E-state index contributed by atoms with van der Waals surface area (Å²) < 4.78 is 5.46. The van der Waals surface area contributed by atoms with Crippen LogP contribution >= 0.6 is 11.6 Å². The summed E-state index contributed by atoms with van der Waals surface area (Å²) in [6.07, 6.45) is 17.6. The van der Waals surface area contributed by atoms with Crippen LogP contribution in [0.5, 0.6) is 0 Å². The second kappa shape index (κ2) is 18.3. The average Bonchev–Trinajstić information content (AvgIpc) is 2.51. The number of rotatable bonds is 17. The van der Waals surface area contributed by atoms with Crippen molar-refractivity contribution in [3.05, 3.63) is 0 Å². The molecule has 0 aliphatic heterocycles. The number of unbranched alkanes of at least 4 members (excludes halogenated alkanes) is 11. The normalized spacial score (nSPS) is 12.7. The first-order chi connectivity index (χ1) is 10.3. The van der Waals surface area contributed by atoms with Crippen LogP contribution in [0.1, 0.15) is 90.4 Å². The monoisotopic (exact) mass is 320 g/mol. The third-order valence-corrected chi connectivity index (χ3v) is 4.34. The Labute approximate surface area is 137 Å². The van der Waals surface area contributed by atoms with Crippen molar-refractivity contribution in [3.63, 3.8) is 0 Å². The highest BCUT2D eigenvalue weighted by atomic mass is 35.5. The summed E-state index contributed by atoms with van der Waals surface area (Å²) in [5.74, 6) is 0.540. The van der Waals surface area contributed by atoms with Gasteiger partial charge in [-0.3, -0.25) is 0 Å². The van der Waals surface area contributed by atoms with E-state index in [1.165, 1.54) is 77.0 Å². The number of alkyl halides is 1. The predicted octanol–water partition coefficient (Wildman–Crippen LogP) is 5.69. The third kappa shape index (κ3) is 16.4. The highest BCUT2D eigenvalue weighted by Gasteiger charge is 2.06. The minimum atomic E-state index is 0.0891. The molecule has 1 unspecified atom stereocenters. The lowest BCUT2D eigenvalue weighted by Crippen LogP contribution is -2.17. The summed E-state index contributed by atoms with van der Waals surface area (Å²) >= 11 is 5.84. The first kappa shape index (κ1) is 21.2. The molecule has 0 spiro atoms. The quantitative estimate of drug-likeness (QED) is 0.275. The lowest BCUT2D eigenvalue weighted by atomic mass is 10.0. The molecule has 0 aliphatic rings. The molecule has 0 fully saturated rings. The molecule has 0 bridgehead atoms. The number of hydrogen-bond donors (Lipinski definition) is 1. The van der Waals surface area contributed by atoms with Gasteiger partial charge in [-0.15, -0.1) is 11.6 Å². The highest BCUT2D eigenvalue weighted by Crippen LogP contribution is 2.14. The van der Waals surface area contributed by atoms with Crippen LogP contribution in [0.3, 0.4) is 0 Å². The van der Waals surface area contributed by atoms with Gasteiger partial charge in [0.25, 0.3) is 0 Å². The molecule has 0 heterocycles. The number of hydrogen-bond acceptors (Lipinski definition) is 2. The lowest BCUT2D eigenvalue weighted by molar-refractivity contribution is 0.0353. The van der Waals surface area contributed by atoms with Crippen molar-refractivity contribution in [2.75, 3.05) is 19.1 Å². The van der Waals surface area contributed by atoms with Crippen LogP contribution in [0.2, 0.25) is 0 Å².